The average molecular weight is 263 g/mol. The highest BCUT2D eigenvalue weighted by Crippen LogP contribution is 2.30. The molecular weight excluding hydrogens is 246 g/mol. The Balaban J connectivity index is 2.15. The van der Waals surface area contributed by atoms with Crippen molar-refractivity contribution in [1.82, 2.24) is 4.90 Å². The first-order valence-corrected chi connectivity index (χ1v) is 6.71. The van der Waals surface area contributed by atoms with E-state index in [2.05, 4.69) is 0 Å². The molecule has 0 fully saturated rings. The summed E-state index contributed by atoms with van der Waals surface area (Å²) in [6.45, 7) is 3.15. The van der Waals surface area contributed by atoms with Crippen molar-refractivity contribution in [2.45, 2.75) is 6.92 Å². The number of likely N-dealkylation sites (N-methyl/N-ethyl adjacent to an activating group) is 1. The fourth-order valence-electron chi connectivity index (χ4n) is 1.76. The van der Waals surface area contributed by atoms with Gasteiger partial charge in [-0.05, 0) is 38.0 Å². The summed E-state index contributed by atoms with van der Waals surface area (Å²) in [6.07, 6.45) is 0. The molecule has 4 heteroatoms. The monoisotopic (exact) mass is 263 g/mol. The van der Waals surface area contributed by atoms with Crippen LogP contribution >= 0.6 is 11.3 Å². The van der Waals surface area contributed by atoms with E-state index in [0.29, 0.717) is 6.61 Å². The fraction of sp³-hybridized carbons (Fsp3) is 0.357. The molecule has 0 saturated carbocycles. The maximum Gasteiger partial charge on any atom is 0.348 e. The van der Waals surface area contributed by atoms with Crippen molar-refractivity contribution >= 4 is 27.4 Å². The van der Waals surface area contributed by atoms with Crippen molar-refractivity contribution in [2.75, 3.05) is 27.2 Å². The molecule has 0 atom stereocenters. The van der Waals surface area contributed by atoms with Gasteiger partial charge in [0.05, 0.1) is 0 Å². The van der Waals surface area contributed by atoms with Crippen LogP contribution in [0, 0.1) is 6.92 Å². The highest BCUT2D eigenvalue weighted by atomic mass is 32.1. The van der Waals surface area contributed by atoms with Crippen LogP contribution in [0.4, 0.5) is 0 Å². The van der Waals surface area contributed by atoms with Crippen molar-refractivity contribution in [3.63, 3.8) is 0 Å². The van der Waals surface area contributed by atoms with Crippen LogP contribution in [0.2, 0.25) is 0 Å². The smallest absolute Gasteiger partial charge is 0.348 e. The molecule has 0 aliphatic rings. The Morgan fingerprint density at radius 3 is 2.72 bits per heavy atom. The van der Waals surface area contributed by atoms with E-state index in [-0.39, 0.29) is 5.97 Å². The predicted octanol–water partition coefficient (Wildman–Crippen LogP) is 2.93. The van der Waals surface area contributed by atoms with Gasteiger partial charge < -0.3 is 9.64 Å². The Labute approximate surface area is 111 Å². The second-order valence-electron chi connectivity index (χ2n) is 4.49. The quantitative estimate of drug-likeness (QED) is 0.794. The molecule has 0 aliphatic carbocycles. The first kappa shape index (κ1) is 13.1. The molecule has 3 nitrogen and oxygen atoms in total. The zero-order valence-electron chi connectivity index (χ0n) is 10.9. The molecule has 18 heavy (non-hydrogen) atoms. The summed E-state index contributed by atoms with van der Waals surface area (Å²) in [4.78, 5) is 14.7. The Hall–Kier alpha value is -1.39. The van der Waals surface area contributed by atoms with Gasteiger partial charge >= 0.3 is 5.97 Å². The lowest BCUT2D eigenvalue weighted by Crippen LogP contribution is -2.20. The van der Waals surface area contributed by atoms with Crippen molar-refractivity contribution < 1.29 is 9.53 Å². The van der Waals surface area contributed by atoms with Crippen molar-refractivity contribution in [3.05, 3.63) is 34.7 Å². The van der Waals surface area contributed by atoms with Gasteiger partial charge in [-0.25, -0.2) is 4.79 Å². The molecule has 0 bridgehead atoms. The first-order valence-electron chi connectivity index (χ1n) is 5.89. The molecule has 0 N–H and O–H groups in total. The van der Waals surface area contributed by atoms with Gasteiger partial charge in [-0.15, -0.1) is 11.3 Å². The minimum atomic E-state index is -0.212. The largest absolute Gasteiger partial charge is 0.460 e. The molecule has 1 heterocycles. The van der Waals surface area contributed by atoms with Gasteiger partial charge in [-0.2, -0.15) is 0 Å². The van der Waals surface area contributed by atoms with E-state index in [0.717, 1.165) is 27.1 Å². The Kier molecular flexibility index (Phi) is 3.99. The summed E-state index contributed by atoms with van der Waals surface area (Å²) in [7, 11) is 3.91. The van der Waals surface area contributed by atoms with Gasteiger partial charge in [0.1, 0.15) is 11.5 Å². The number of benzene rings is 1. The predicted molar refractivity (Wildman–Crippen MR) is 75.4 cm³/mol. The molecule has 0 aliphatic heterocycles. The third-order valence-corrected chi connectivity index (χ3v) is 4.05. The van der Waals surface area contributed by atoms with Crippen LogP contribution in [0.5, 0.6) is 0 Å². The van der Waals surface area contributed by atoms with Gasteiger partial charge in [0.25, 0.3) is 0 Å². The van der Waals surface area contributed by atoms with Crippen LogP contribution in [-0.2, 0) is 4.74 Å². The van der Waals surface area contributed by atoms with Crippen LogP contribution in [0.25, 0.3) is 10.1 Å². The fourth-order valence-corrected chi connectivity index (χ4v) is 2.86. The van der Waals surface area contributed by atoms with Gasteiger partial charge in [-0.1, -0.05) is 18.2 Å². The lowest BCUT2D eigenvalue weighted by molar-refractivity contribution is 0.0487. The maximum atomic E-state index is 12.0. The van der Waals surface area contributed by atoms with Gasteiger partial charge in [-0.3, -0.25) is 0 Å². The molecular formula is C14H17NO2S. The summed E-state index contributed by atoms with van der Waals surface area (Å²) < 4.78 is 6.41. The molecule has 1 aromatic carbocycles. The van der Waals surface area contributed by atoms with E-state index in [4.69, 9.17) is 4.74 Å². The lowest BCUT2D eigenvalue weighted by atomic mass is 10.1. The lowest BCUT2D eigenvalue weighted by Gasteiger charge is -2.09. The van der Waals surface area contributed by atoms with Crippen LogP contribution < -0.4 is 0 Å². The first-order chi connectivity index (χ1) is 8.59. The third-order valence-electron chi connectivity index (χ3n) is 2.80. The third kappa shape index (κ3) is 2.71. The molecule has 0 saturated heterocycles. The van der Waals surface area contributed by atoms with Crippen molar-refractivity contribution in [2.24, 2.45) is 0 Å². The standard InChI is InChI=1S/C14H17NO2S/c1-10-11-6-4-5-7-12(11)18-13(10)14(16)17-9-8-15(2)3/h4-7H,8-9H2,1-3H3. The Morgan fingerprint density at radius 2 is 2.06 bits per heavy atom. The summed E-state index contributed by atoms with van der Waals surface area (Å²) >= 11 is 1.50. The molecule has 0 radical (unpaired) electrons. The van der Waals surface area contributed by atoms with Crippen LogP contribution in [-0.4, -0.2) is 38.1 Å². The van der Waals surface area contributed by atoms with Gasteiger partial charge in [0, 0.05) is 11.2 Å². The number of esters is 1. The van der Waals surface area contributed by atoms with E-state index in [1.54, 1.807) is 0 Å². The number of nitrogens with zero attached hydrogens (tertiary/aromatic N) is 1. The highest BCUT2D eigenvalue weighted by molar-refractivity contribution is 7.21. The second-order valence-corrected chi connectivity index (χ2v) is 5.54. The average Bonchev–Trinajstić information content (AvgIpc) is 2.67. The zero-order valence-corrected chi connectivity index (χ0v) is 11.7. The maximum absolute atomic E-state index is 12.0. The van der Waals surface area contributed by atoms with Crippen LogP contribution in [0.1, 0.15) is 15.2 Å². The molecule has 0 unspecified atom stereocenters. The zero-order chi connectivity index (χ0) is 13.1. The number of hydrogen-bond acceptors (Lipinski definition) is 4. The number of rotatable bonds is 4. The topological polar surface area (TPSA) is 29.5 Å². The molecule has 0 amide bonds. The number of aryl methyl sites for hydroxylation is 1. The summed E-state index contributed by atoms with van der Waals surface area (Å²) in [5.74, 6) is -0.212. The van der Waals surface area contributed by atoms with Crippen LogP contribution in [0.15, 0.2) is 24.3 Å². The molecule has 2 rings (SSSR count). The molecule has 1 aromatic heterocycles. The number of carbonyl (C=O) groups excluding carboxylic acids is 1. The van der Waals surface area contributed by atoms with Crippen molar-refractivity contribution in [1.29, 1.82) is 0 Å². The molecule has 0 spiro atoms. The van der Waals surface area contributed by atoms with Crippen molar-refractivity contribution in [3.8, 4) is 0 Å². The SMILES string of the molecule is Cc1c(C(=O)OCCN(C)C)sc2ccccc12. The highest BCUT2D eigenvalue weighted by Gasteiger charge is 2.16. The number of fused-ring (bicyclic) bond motifs is 1. The normalized spacial score (nSPS) is 11.1. The second kappa shape index (κ2) is 5.50. The van der Waals surface area contributed by atoms with Gasteiger partial charge in [0.15, 0.2) is 0 Å². The molecule has 2 aromatic rings. The van der Waals surface area contributed by atoms with E-state index < -0.39 is 0 Å². The minimum absolute atomic E-state index is 0.212. The Morgan fingerprint density at radius 1 is 1.33 bits per heavy atom. The van der Waals surface area contributed by atoms with Gasteiger partial charge in [0.2, 0.25) is 0 Å². The molecule has 96 valence electrons. The number of ether oxygens (including phenoxy) is 1. The summed E-state index contributed by atoms with van der Waals surface area (Å²) in [5, 5.41) is 1.14. The number of thiophene rings is 1. The summed E-state index contributed by atoms with van der Waals surface area (Å²) in [6, 6.07) is 8.05. The van der Waals surface area contributed by atoms with E-state index in [9.17, 15) is 4.79 Å². The Bertz CT molecular complexity index is 560. The number of carbonyl (C=O) groups is 1. The van der Waals surface area contributed by atoms with E-state index in [1.165, 1.54) is 11.3 Å². The minimum Gasteiger partial charge on any atom is -0.460 e. The van der Waals surface area contributed by atoms with Crippen LogP contribution in [0.3, 0.4) is 0 Å². The van der Waals surface area contributed by atoms with E-state index in [1.807, 2.05) is 50.2 Å². The summed E-state index contributed by atoms with van der Waals surface area (Å²) in [5.41, 5.74) is 1.02. The number of hydrogen-bond donors (Lipinski definition) is 0. The van der Waals surface area contributed by atoms with E-state index >= 15 is 0 Å².